The van der Waals surface area contributed by atoms with Crippen LogP contribution >= 0.6 is 11.8 Å². The molecule has 1 fully saturated rings. The van der Waals surface area contributed by atoms with Gasteiger partial charge in [-0.3, -0.25) is 9.59 Å². The highest BCUT2D eigenvalue weighted by Gasteiger charge is 2.33. The van der Waals surface area contributed by atoms with E-state index < -0.39 is 0 Å². The zero-order valence-corrected chi connectivity index (χ0v) is 15.1. The van der Waals surface area contributed by atoms with Crippen molar-refractivity contribution in [2.75, 3.05) is 19.9 Å². The second kappa shape index (κ2) is 9.08. The van der Waals surface area contributed by atoms with Crippen LogP contribution in [0.3, 0.4) is 0 Å². The third kappa shape index (κ3) is 4.74. The molecule has 1 saturated carbocycles. The van der Waals surface area contributed by atoms with Crippen LogP contribution in [0, 0.1) is 11.8 Å². The minimum atomic E-state index is -0.375. The van der Waals surface area contributed by atoms with Crippen LogP contribution in [0.4, 0.5) is 0 Å². The first kappa shape index (κ1) is 18.8. The minimum absolute atomic E-state index is 0.00852. The van der Waals surface area contributed by atoms with Crippen LogP contribution in [0.5, 0.6) is 0 Å². The topological polar surface area (TPSA) is 81.4 Å². The van der Waals surface area contributed by atoms with Gasteiger partial charge in [-0.2, -0.15) is 0 Å². The molecule has 0 bridgehead atoms. The number of hydrogen-bond donors (Lipinski definition) is 2. The molecule has 0 aliphatic heterocycles. The van der Waals surface area contributed by atoms with Gasteiger partial charge in [0.05, 0.1) is 19.6 Å². The molecule has 0 heterocycles. The first-order valence-electron chi connectivity index (χ1n) is 8.30. The molecule has 0 radical (unpaired) electrons. The highest BCUT2D eigenvalue weighted by atomic mass is 32.2. The van der Waals surface area contributed by atoms with Gasteiger partial charge < -0.3 is 15.8 Å². The van der Waals surface area contributed by atoms with Crippen molar-refractivity contribution in [3.63, 3.8) is 0 Å². The third-order valence-corrected chi connectivity index (χ3v) is 5.48. The van der Waals surface area contributed by atoms with E-state index in [-0.39, 0.29) is 36.2 Å². The Morgan fingerprint density at radius 2 is 2.04 bits per heavy atom. The molecule has 0 aromatic heterocycles. The van der Waals surface area contributed by atoms with Crippen molar-refractivity contribution < 1.29 is 14.3 Å². The number of nitrogens with one attached hydrogen (secondary N) is 1. The number of carbonyl (C=O) groups excluding carboxylic acids is 2. The van der Waals surface area contributed by atoms with Gasteiger partial charge in [0.15, 0.2) is 0 Å². The third-order valence-electron chi connectivity index (χ3n) is 4.73. The number of amides is 1. The molecule has 0 spiro atoms. The second-order valence-corrected chi connectivity index (χ2v) is 7.03. The van der Waals surface area contributed by atoms with Gasteiger partial charge in [0.1, 0.15) is 0 Å². The van der Waals surface area contributed by atoms with Crippen molar-refractivity contribution >= 4 is 23.6 Å². The Labute approximate surface area is 147 Å². The van der Waals surface area contributed by atoms with Gasteiger partial charge in [0, 0.05) is 10.8 Å². The first-order chi connectivity index (χ1) is 11.6. The lowest BCUT2D eigenvalue weighted by Crippen LogP contribution is -2.38. The molecule has 1 aliphatic rings. The molecule has 3 N–H and O–H groups in total. The number of rotatable bonds is 7. The van der Waals surface area contributed by atoms with E-state index in [1.807, 2.05) is 30.5 Å². The van der Waals surface area contributed by atoms with Crippen LogP contribution in [-0.4, -0.2) is 31.8 Å². The Morgan fingerprint density at radius 3 is 2.62 bits per heavy atom. The molecule has 1 amide bonds. The normalized spacial score (nSPS) is 21.3. The Morgan fingerprint density at radius 1 is 1.33 bits per heavy atom. The number of thioether (sulfide) groups is 1. The number of ether oxygens (including phenoxy) is 1. The summed E-state index contributed by atoms with van der Waals surface area (Å²) in [7, 11) is 1.36. The van der Waals surface area contributed by atoms with Gasteiger partial charge in [0.25, 0.3) is 0 Å². The lowest BCUT2D eigenvalue weighted by Gasteiger charge is -2.23. The fourth-order valence-corrected chi connectivity index (χ4v) is 3.69. The number of nitrogens with two attached hydrogens (primary N) is 1. The zero-order chi connectivity index (χ0) is 17.5. The van der Waals surface area contributed by atoms with Crippen LogP contribution in [0.15, 0.2) is 29.2 Å². The number of esters is 1. The Hall–Kier alpha value is -1.53. The standard InChI is InChI=1S/C18H26N2O3S/c1-23-17(21)10-16(12-6-8-14(24-2)9-7-12)20-18(22)15-5-3-4-13(15)11-19/h6-9,13,15-16H,3-5,10-11,19H2,1-2H3,(H,20,22)/t13-,15-,16?/m1/s1. The fourth-order valence-electron chi connectivity index (χ4n) is 3.28. The van der Waals surface area contributed by atoms with E-state index in [9.17, 15) is 9.59 Å². The maximum Gasteiger partial charge on any atom is 0.307 e. The van der Waals surface area contributed by atoms with E-state index in [1.165, 1.54) is 7.11 Å². The highest BCUT2D eigenvalue weighted by Crippen LogP contribution is 2.32. The molecule has 6 heteroatoms. The van der Waals surface area contributed by atoms with E-state index in [1.54, 1.807) is 11.8 Å². The van der Waals surface area contributed by atoms with Gasteiger partial charge in [-0.25, -0.2) is 0 Å². The molecule has 3 atom stereocenters. The molecule has 132 valence electrons. The van der Waals surface area contributed by atoms with Crippen molar-refractivity contribution in [3.8, 4) is 0 Å². The van der Waals surface area contributed by atoms with Crippen molar-refractivity contribution in [2.45, 2.75) is 36.6 Å². The van der Waals surface area contributed by atoms with E-state index >= 15 is 0 Å². The SMILES string of the molecule is COC(=O)CC(NC(=O)[C@@H]1CCC[C@@H]1CN)c1ccc(SC)cc1. The molecule has 1 aromatic carbocycles. The highest BCUT2D eigenvalue weighted by molar-refractivity contribution is 7.98. The molecule has 0 saturated heterocycles. The van der Waals surface area contributed by atoms with Crippen molar-refractivity contribution in [1.82, 2.24) is 5.32 Å². The maximum absolute atomic E-state index is 12.7. The summed E-state index contributed by atoms with van der Waals surface area (Å²) in [6.45, 7) is 0.530. The zero-order valence-electron chi connectivity index (χ0n) is 14.3. The number of hydrogen-bond acceptors (Lipinski definition) is 5. The summed E-state index contributed by atoms with van der Waals surface area (Å²) in [6.07, 6.45) is 5.03. The second-order valence-electron chi connectivity index (χ2n) is 6.15. The number of carbonyl (C=O) groups is 2. The van der Waals surface area contributed by atoms with Gasteiger partial charge in [-0.15, -0.1) is 11.8 Å². The molecule has 1 unspecified atom stereocenters. The summed E-state index contributed by atoms with van der Waals surface area (Å²) in [6, 6.07) is 7.52. The Kier molecular flexibility index (Phi) is 7.12. The van der Waals surface area contributed by atoms with Crippen LogP contribution in [0.1, 0.15) is 37.3 Å². The Balaban J connectivity index is 2.12. The summed E-state index contributed by atoms with van der Waals surface area (Å²) >= 11 is 1.65. The average molecular weight is 350 g/mol. The van der Waals surface area contributed by atoms with E-state index in [0.29, 0.717) is 6.54 Å². The summed E-state index contributed by atoms with van der Waals surface area (Å²) in [5.74, 6) is -0.162. The van der Waals surface area contributed by atoms with E-state index in [4.69, 9.17) is 10.5 Å². The monoisotopic (exact) mass is 350 g/mol. The van der Waals surface area contributed by atoms with Crippen molar-refractivity contribution in [3.05, 3.63) is 29.8 Å². The largest absolute Gasteiger partial charge is 0.469 e. The molecular weight excluding hydrogens is 324 g/mol. The van der Waals surface area contributed by atoms with Crippen LogP contribution < -0.4 is 11.1 Å². The molecular formula is C18H26N2O3S. The van der Waals surface area contributed by atoms with Gasteiger partial charge in [0.2, 0.25) is 5.91 Å². The van der Waals surface area contributed by atoms with Gasteiger partial charge >= 0.3 is 5.97 Å². The van der Waals surface area contributed by atoms with Crippen LogP contribution in [-0.2, 0) is 14.3 Å². The summed E-state index contributed by atoms with van der Waals surface area (Å²) < 4.78 is 4.78. The molecule has 24 heavy (non-hydrogen) atoms. The quantitative estimate of drug-likeness (QED) is 0.583. The summed E-state index contributed by atoms with van der Waals surface area (Å²) in [5.41, 5.74) is 6.69. The lowest BCUT2D eigenvalue weighted by molar-refractivity contribution is -0.141. The molecule has 1 aromatic rings. The summed E-state index contributed by atoms with van der Waals surface area (Å²) in [4.78, 5) is 25.6. The van der Waals surface area contributed by atoms with Crippen molar-refractivity contribution in [1.29, 1.82) is 0 Å². The smallest absolute Gasteiger partial charge is 0.307 e. The van der Waals surface area contributed by atoms with Crippen LogP contribution in [0.2, 0.25) is 0 Å². The van der Waals surface area contributed by atoms with Crippen LogP contribution in [0.25, 0.3) is 0 Å². The minimum Gasteiger partial charge on any atom is -0.469 e. The summed E-state index contributed by atoms with van der Waals surface area (Å²) in [5, 5.41) is 3.04. The Bertz CT molecular complexity index is 562. The number of benzene rings is 1. The molecule has 2 rings (SSSR count). The van der Waals surface area contributed by atoms with Gasteiger partial charge in [-0.05, 0) is 49.3 Å². The lowest BCUT2D eigenvalue weighted by atomic mass is 9.94. The van der Waals surface area contributed by atoms with Gasteiger partial charge in [-0.1, -0.05) is 18.6 Å². The maximum atomic E-state index is 12.7. The van der Waals surface area contributed by atoms with E-state index in [0.717, 1.165) is 29.7 Å². The molecule has 1 aliphatic carbocycles. The molecule has 5 nitrogen and oxygen atoms in total. The van der Waals surface area contributed by atoms with E-state index in [2.05, 4.69) is 5.32 Å². The van der Waals surface area contributed by atoms with Crippen molar-refractivity contribution in [2.24, 2.45) is 17.6 Å². The first-order valence-corrected chi connectivity index (χ1v) is 9.52. The number of methoxy groups -OCH3 is 1. The average Bonchev–Trinajstić information content (AvgIpc) is 3.10. The predicted octanol–water partition coefficient (Wildman–Crippen LogP) is 2.50. The fraction of sp³-hybridized carbons (Fsp3) is 0.556. The predicted molar refractivity (Wildman–Crippen MR) is 95.6 cm³/mol.